The number of halogens is 4. The van der Waals surface area contributed by atoms with E-state index >= 15 is 0 Å². The van der Waals surface area contributed by atoms with Gasteiger partial charge in [-0.1, -0.05) is 22.5 Å². The third-order valence-electron chi connectivity index (χ3n) is 1.02. The predicted octanol–water partition coefficient (Wildman–Crippen LogP) is 2.40. The Balaban J connectivity index is 3.90. The second kappa shape index (κ2) is 5.74. The van der Waals surface area contributed by atoms with Crippen LogP contribution < -0.4 is 11.1 Å². The molecule has 0 spiro atoms. The maximum atomic E-state index is 11.6. The maximum absolute atomic E-state index is 11.6. The normalized spacial score (nSPS) is 13.3. The number of hydrogen-bond donors (Lipinski definition) is 2. The molecule has 0 fully saturated rings. The van der Waals surface area contributed by atoms with Crippen LogP contribution in [-0.4, -0.2) is 12.7 Å². The van der Waals surface area contributed by atoms with E-state index in [4.69, 9.17) is 5.73 Å². The summed E-state index contributed by atoms with van der Waals surface area (Å²) in [5.41, 5.74) is 5.69. The molecule has 0 heterocycles. The Kier molecular flexibility index (Phi) is 5.37. The van der Waals surface area contributed by atoms with Crippen LogP contribution in [0.5, 0.6) is 0 Å². The minimum atomic E-state index is -4.22. The van der Waals surface area contributed by atoms with Gasteiger partial charge in [0.2, 0.25) is 0 Å². The van der Waals surface area contributed by atoms with Gasteiger partial charge in [-0.25, -0.2) is 0 Å². The molecule has 0 radical (unpaired) electrons. The summed E-state index contributed by atoms with van der Waals surface area (Å²) < 4.78 is 35.4. The molecule has 0 saturated heterocycles. The van der Waals surface area contributed by atoms with Crippen molar-refractivity contribution in [2.75, 3.05) is 6.54 Å². The highest BCUT2D eigenvalue weighted by atomic mass is 79.9. The zero-order valence-corrected chi connectivity index (χ0v) is 8.82. The molecule has 0 amide bonds. The lowest BCUT2D eigenvalue weighted by atomic mass is 10.4. The van der Waals surface area contributed by atoms with Crippen molar-refractivity contribution in [3.05, 3.63) is 35.1 Å². The molecule has 0 aromatic rings. The fourth-order valence-electron chi connectivity index (χ4n) is 0.559. The summed E-state index contributed by atoms with van der Waals surface area (Å²) >= 11 is 3.03. The van der Waals surface area contributed by atoms with Gasteiger partial charge in [0, 0.05) is 10.2 Å². The maximum Gasteiger partial charge on any atom is 0.405 e. The molecule has 80 valence electrons. The first-order chi connectivity index (χ1) is 6.31. The number of alkyl halides is 3. The molecule has 3 N–H and O–H groups in total. The third kappa shape index (κ3) is 9.18. The Morgan fingerprint density at radius 2 is 2.07 bits per heavy atom. The van der Waals surface area contributed by atoms with Crippen LogP contribution in [0.2, 0.25) is 0 Å². The lowest BCUT2D eigenvalue weighted by Gasteiger charge is -2.04. The van der Waals surface area contributed by atoms with Crippen LogP contribution in [-0.2, 0) is 0 Å². The molecule has 0 aromatic heterocycles. The number of hydrogen-bond acceptors (Lipinski definition) is 2. The van der Waals surface area contributed by atoms with Gasteiger partial charge < -0.3 is 11.1 Å². The summed E-state index contributed by atoms with van der Waals surface area (Å²) in [5, 5.41) is 2.06. The van der Waals surface area contributed by atoms with Gasteiger partial charge in [0.05, 0.1) is 0 Å². The molecule has 0 aromatic carbocycles. The Labute approximate surface area is 88.5 Å². The standard InChI is InChI=1S/C8H10BrF3N2/c1-6(9)4-7(13)2-3-14-5-8(10,11)12/h2-4,14H,1,5,13H2/b3-2+,7-4+. The molecule has 0 aliphatic carbocycles. The van der Waals surface area contributed by atoms with E-state index in [9.17, 15) is 13.2 Å². The summed E-state index contributed by atoms with van der Waals surface area (Å²) in [6.07, 6.45) is -0.291. The number of rotatable bonds is 4. The first-order valence-electron chi connectivity index (χ1n) is 3.59. The smallest absolute Gasteiger partial charge is 0.399 e. The molecular weight excluding hydrogens is 261 g/mol. The van der Waals surface area contributed by atoms with Gasteiger partial charge in [0.15, 0.2) is 0 Å². The monoisotopic (exact) mass is 270 g/mol. The minimum absolute atomic E-state index is 0.307. The van der Waals surface area contributed by atoms with E-state index in [1.54, 1.807) is 0 Å². The highest BCUT2D eigenvalue weighted by Crippen LogP contribution is 2.12. The molecule has 0 bridgehead atoms. The van der Waals surface area contributed by atoms with E-state index in [2.05, 4.69) is 27.8 Å². The Bertz CT molecular complexity index is 256. The summed E-state index contributed by atoms with van der Waals surface area (Å²) in [6.45, 7) is 2.41. The highest BCUT2D eigenvalue weighted by Gasteiger charge is 2.25. The van der Waals surface area contributed by atoms with Crippen LogP contribution in [0.3, 0.4) is 0 Å². The Morgan fingerprint density at radius 3 is 2.50 bits per heavy atom. The predicted molar refractivity (Wildman–Crippen MR) is 53.5 cm³/mol. The molecule has 0 aliphatic rings. The van der Waals surface area contributed by atoms with Crippen LogP contribution in [0.4, 0.5) is 13.2 Å². The van der Waals surface area contributed by atoms with Crippen molar-refractivity contribution in [3.63, 3.8) is 0 Å². The largest absolute Gasteiger partial charge is 0.405 e. The van der Waals surface area contributed by atoms with Crippen LogP contribution in [0, 0.1) is 0 Å². The molecule has 0 rings (SSSR count). The molecule has 0 atom stereocenters. The summed E-state index contributed by atoms with van der Waals surface area (Å²) in [5.74, 6) is 0. The van der Waals surface area contributed by atoms with Crippen LogP contribution >= 0.6 is 15.9 Å². The van der Waals surface area contributed by atoms with E-state index in [1.807, 2.05) is 0 Å². The molecule has 0 saturated carbocycles. The van der Waals surface area contributed by atoms with E-state index in [0.29, 0.717) is 10.2 Å². The number of allylic oxidation sites excluding steroid dienone is 3. The van der Waals surface area contributed by atoms with E-state index in [0.717, 1.165) is 6.20 Å². The Morgan fingerprint density at radius 1 is 1.50 bits per heavy atom. The third-order valence-corrected chi connectivity index (χ3v) is 1.25. The molecule has 6 heteroatoms. The molecule has 0 aliphatic heterocycles. The first-order valence-corrected chi connectivity index (χ1v) is 4.39. The van der Waals surface area contributed by atoms with Gasteiger partial charge in [0.25, 0.3) is 0 Å². The van der Waals surface area contributed by atoms with Gasteiger partial charge >= 0.3 is 6.18 Å². The fourth-order valence-corrected chi connectivity index (χ4v) is 0.823. The van der Waals surface area contributed by atoms with Gasteiger partial charge in [0.1, 0.15) is 6.54 Å². The van der Waals surface area contributed by atoms with E-state index in [1.165, 1.54) is 12.2 Å². The number of nitrogens with two attached hydrogens (primary N) is 1. The van der Waals surface area contributed by atoms with Crippen molar-refractivity contribution in [1.82, 2.24) is 5.32 Å². The Hall–Kier alpha value is -0.910. The lowest BCUT2D eigenvalue weighted by Crippen LogP contribution is -2.24. The van der Waals surface area contributed by atoms with Crippen molar-refractivity contribution in [3.8, 4) is 0 Å². The topological polar surface area (TPSA) is 38.0 Å². The van der Waals surface area contributed by atoms with Crippen molar-refractivity contribution in [1.29, 1.82) is 0 Å². The quantitative estimate of drug-likeness (QED) is 0.770. The fraction of sp³-hybridized carbons (Fsp3) is 0.250. The first kappa shape index (κ1) is 13.1. The summed E-state index contributed by atoms with van der Waals surface area (Å²) in [4.78, 5) is 0. The van der Waals surface area contributed by atoms with Crippen molar-refractivity contribution >= 4 is 15.9 Å². The van der Waals surface area contributed by atoms with Gasteiger partial charge in [-0.2, -0.15) is 13.2 Å². The molecule has 14 heavy (non-hydrogen) atoms. The zero-order valence-electron chi connectivity index (χ0n) is 7.24. The van der Waals surface area contributed by atoms with Crippen molar-refractivity contribution in [2.45, 2.75) is 6.18 Å². The molecule has 0 unspecified atom stereocenters. The lowest BCUT2D eigenvalue weighted by molar-refractivity contribution is -0.122. The van der Waals surface area contributed by atoms with Crippen LogP contribution in [0.1, 0.15) is 0 Å². The molecule has 2 nitrogen and oxygen atoms in total. The van der Waals surface area contributed by atoms with Gasteiger partial charge in [-0.05, 0) is 18.4 Å². The van der Waals surface area contributed by atoms with Gasteiger partial charge in [-0.15, -0.1) is 0 Å². The average molecular weight is 271 g/mol. The van der Waals surface area contributed by atoms with Crippen LogP contribution in [0.25, 0.3) is 0 Å². The van der Waals surface area contributed by atoms with E-state index < -0.39 is 12.7 Å². The van der Waals surface area contributed by atoms with Crippen molar-refractivity contribution in [2.24, 2.45) is 5.73 Å². The second-order valence-electron chi connectivity index (χ2n) is 2.42. The second-order valence-corrected chi connectivity index (χ2v) is 3.44. The van der Waals surface area contributed by atoms with Gasteiger partial charge in [-0.3, -0.25) is 0 Å². The average Bonchev–Trinajstić information content (AvgIpc) is 1.95. The minimum Gasteiger partial charge on any atom is -0.399 e. The van der Waals surface area contributed by atoms with Crippen molar-refractivity contribution < 1.29 is 13.2 Å². The molecular formula is C8H10BrF3N2. The summed E-state index contributed by atoms with van der Waals surface area (Å²) in [7, 11) is 0. The van der Waals surface area contributed by atoms with Crippen LogP contribution in [0.15, 0.2) is 35.1 Å². The number of nitrogens with one attached hydrogen (secondary N) is 1. The highest BCUT2D eigenvalue weighted by molar-refractivity contribution is 9.11. The summed E-state index contributed by atoms with van der Waals surface area (Å²) in [6, 6.07) is 0. The van der Waals surface area contributed by atoms with E-state index in [-0.39, 0.29) is 0 Å². The zero-order chi connectivity index (χ0) is 11.2. The SMILES string of the molecule is C=C(Br)/C=C(N)\C=C\NCC(F)(F)F.